The normalized spacial score (nSPS) is 10.3. The fourth-order valence-electron chi connectivity index (χ4n) is 1.91. The summed E-state index contributed by atoms with van der Waals surface area (Å²) in [5.74, 6) is 6.45. The number of benzene rings is 1. The first kappa shape index (κ1) is 14.2. The first-order valence-electron chi connectivity index (χ1n) is 6.39. The fraction of sp³-hybridized carbons (Fsp3) is 0.286. The van der Waals surface area contributed by atoms with Crippen LogP contribution in [0.5, 0.6) is 0 Å². The van der Waals surface area contributed by atoms with Gasteiger partial charge in [-0.2, -0.15) is 4.98 Å². The van der Waals surface area contributed by atoms with Crippen LogP contribution in [0.15, 0.2) is 30.3 Å². The molecule has 20 heavy (non-hydrogen) atoms. The van der Waals surface area contributed by atoms with Gasteiger partial charge in [0.05, 0.1) is 6.61 Å². The molecule has 6 heteroatoms. The summed E-state index contributed by atoms with van der Waals surface area (Å²) >= 11 is 0. The number of nitrogens with two attached hydrogens (primary N) is 1. The van der Waals surface area contributed by atoms with Crippen LogP contribution in [-0.4, -0.2) is 23.7 Å². The smallest absolute Gasteiger partial charge is 0.239 e. The van der Waals surface area contributed by atoms with Gasteiger partial charge in [0.1, 0.15) is 5.82 Å². The van der Waals surface area contributed by atoms with Crippen LogP contribution in [0.3, 0.4) is 0 Å². The second kappa shape index (κ2) is 6.83. The maximum atomic E-state index is 5.36. The van der Waals surface area contributed by atoms with Crippen LogP contribution in [0.25, 0.3) is 0 Å². The SMILES string of the molecule is COCCc1ccccc1Nc1cc(C)nc(NN)n1. The Morgan fingerprint density at radius 2 is 2.05 bits per heavy atom. The number of hydrogen-bond donors (Lipinski definition) is 3. The van der Waals surface area contributed by atoms with Crippen molar-refractivity contribution in [2.75, 3.05) is 24.5 Å². The van der Waals surface area contributed by atoms with Crippen LogP contribution in [0.2, 0.25) is 0 Å². The van der Waals surface area contributed by atoms with Gasteiger partial charge in [0.15, 0.2) is 0 Å². The number of anilines is 3. The molecule has 0 aliphatic heterocycles. The predicted molar refractivity (Wildman–Crippen MR) is 79.9 cm³/mol. The lowest BCUT2D eigenvalue weighted by atomic mass is 10.1. The van der Waals surface area contributed by atoms with Crippen molar-refractivity contribution < 1.29 is 4.74 Å². The Balaban J connectivity index is 2.23. The molecule has 0 radical (unpaired) electrons. The third-order valence-electron chi connectivity index (χ3n) is 2.84. The summed E-state index contributed by atoms with van der Waals surface area (Å²) in [7, 11) is 1.70. The van der Waals surface area contributed by atoms with Crippen LogP contribution in [0.4, 0.5) is 17.5 Å². The number of aryl methyl sites for hydroxylation is 1. The molecule has 4 N–H and O–H groups in total. The van der Waals surface area contributed by atoms with Crippen molar-refractivity contribution in [1.82, 2.24) is 9.97 Å². The molecule has 6 nitrogen and oxygen atoms in total. The highest BCUT2D eigenvalue weighted by molar-refractivity contribution is 5.61. The van der Waals surface area contributed by atoms with Crippen molar-refractivity contribution in [2.45, 2.75) is 13.3 Å². The summed E-state index contributed by atoms with van der Waals surface area (Å²) in [6.45, 7) is 2.57. The molecule has 0 aliphatic carbocycles. The second-order valence-corrected chi connectivity index (χ2v) is 4.39. The number of hydrazine groups is 1. The van der Waals surface area contributed by atoms with Crippen molar-refractivity contribution in [1.29, 1.82) is 0 Å². The van der Waals surface area contributed by atoms with Crippen molar-refractivity contribution in [3.63, 3.8) is 0 Å². The maximum Gasteiger partial charge on any atom is 0.239 e. The number of para-hydroxylation sites is 1. The molecule has 0 fully saturated rings. The topological polar surface area (TPSA) is 85.1 Å². The zero-order valence-corrected chi connectivity index (χ0v) is 11.7. The van der Waals surface area contributed by atoms with Gasteiger partial charge in [-0.3, -0.25) is 5.43 Å². The van der Waals surface area contributed by atoms with Gasteiger partial charge in [0.25, 0.3) is 0 Å². The van der Waals surface area contributed by atoms with E-state index in [1.54, 1.807) is 7.11 Å². The van der Waals surface area contributed by atoms with Gasteiger partial charge >= 0.3 is 0 Å². The Hall–Kier alpha value is -2.18. The van der Waals surface area contributed by atoms with Crippen LogP contribution in [0.1, 0.15) is 11.3 Å². The van der Waals surface area contributed by atoms with Gasteiger partial charge in [-0.05, 0) is 25.0 Å². The van der Waals surface area contributed by atoms with E-state index in [0.29, 0.717) is 18.4 Å². The number of nitrogens with one attached hydrogen (secondary N) is 2. The van der Waals surface area contributed by atoms with E-state index in [2.05, 4.69) is 26.8 Å². The Kier molecular flexibility index (Phi) is 4.86. The van der Waals surface area contributed by atoms with Crippen LogP contribution >= 0.6 is 0 Å². The molecular formula is C14H19N5O. The monoisotopic (exact) mass is 273 g/mol. The average molecular weight is 273 g/mol. The highest BCUT2D eigenvalue weighted by Gasteiger charge is 2.05. The molecule has 0 unspecified atom stereocenters. The summed E-state index contributed by atoms with van der Waals surface area (Å²) in [5, 5.41) is 3.29. The van der Waals surface area contributed by atoms with Crippen LogP contribution in [0, 0.1) is 6.92 Å². The minimum Gasteiger partial charge on any atom is -0.384 e. The van der Waals surface area contributed by atoms with E-state index in [4.69, 9.17) is 10.6 Å². The number of ether oxygens (including phenoxy) is 1. The quantitative estimate of drug-likeness (QED) is 0.551. The fourth-order valence-corrected chi connectivity index (χ4v) is 1.91. The number of nitrogen functional groups attached to an aromatic ring is 1. The van der Waals surface area contributed by atoms with Gasteiger partial charge in [0.2, 0.25) is 5.95 Å². The molecule has 0 amide bonds. The Labute approximate surface area is 118 Å². The Morgan fingerprint density at radius 3 is 2.80 bits per heavy atom. The zero-order valence-electron chi connectivity index (χ0n) is 11.7. The lowest BCUT2D eigenvalue weighted by molar-refractivity contribution is 0.202. The molecule has 0 bridgehead atoms. The van der Waals surface area contributed by atoms with Crippen LogP contribution < -0.4 is 16.6 Å². The predicted octanol–water partition coefficient (Wildman–Crippen LogP) is 2.00. The summed E-state index contributed by atoms with van der Waals surface area (Å²) in [6.07, 6.45) is 0.839. The lowest BCUT2D eigenvalue weighted by Crippen LogP contribution is -2.12. The molecule has 1 aromatic heterocycles. The molecular weight excluding hydrogens is 254 g/mol. The molecule has 1 aromatic carbocycles. The molecule has 2 rings (SSSR count). The highest BCUT2D eigenvalue weighted by Crippen LogP contribution is 2.21. The average Bonchev–Trinajstić information content (AvgIpc) is 2.45. The maximum absolute atomic E-state index is 5.36. The number of hydrogen-bond acceptors (Lipinski definition) is 6. The van der Waals surface area contributed by atoms with E-state index in [9.17, 15) is 0 Å². The van der Waals surface area contributed by atoms with E-state index < -0.39 is 0 Å². The Bertz CT molecular complexity index is 573. The first-order valence-corrected chi connectivity index (χ1v) is 6.39. The standard InChI is InChI=1S/C14H19N5O/c1-10-9-13(18-14(16-10)19-15)17-12-6-4-3-5-11(12)7-8-20-2/h3-6,9H,7-8,15H2,1-2H3,(H2,16,17,18,19). The zero-order chi connectivity index (χ0) is 14.4. The van der Waals surface area contributed by atoms with Crippen molar-refractivity contribution in [2.24, 2.45) is 5.84 Å². The second-order valence-electron chi connectivity index (χ2n) is 4.39. The number of aromatic nitrogens is 2. The summed E-state index contributed by atoms with van der Waals surface area (Å²) < 4.78 is 5.13. The minimum atomic E-state index is 0.391. The molecule has 0 spiro atoms. The lowest BCUT2D eigenvalue weighted by Gasteiger charge is -2.12. The number of nitrogens with zero attached hydrogens (tertiary/aromatic N) is 2. The van der Waals surface area contributed by atoms with Gasteiger partial charge in [0, 0.05) is 24.6 Å². The van der Waals surface area contributed by atoms with E-state index >= 15 is 0 Å². The van der Waals surface area contributed by atoms with E-state index in [-0.39, 0.29) is 0 Å². The van der Waals surface area contributed by atoms with Crippen molar-refractivity contribution >= 4 is 17.5 Å². The first-order chi connectivity index (χ1) is 9.72. The molecule has 0 atom stereocenters. The van der Waals surface area contributed by atoms with Crippen LogP contribution in [-0.2, 0) is 11.2 Å². The van der Waals surface area contributed by atoms with Gasteiger partial charge in [-0.1, -0.05) is 18.2 Å². The Morgan fingerprint density at radius 1 is 1.25 bits per heavy atom. The molecule has 0 saturated heterocycles. The minimum absolute atomic E-state index is 0.391. The molecule has 0 saturated carbocycles. The molecule has 2 aromatic rings. The van der Waals surface area contributed by atoms with E-state index in [1.807, 2.05) is 31.2 Å². The van der Waals surface area contributed by atoms with Gasteiger partial charge in [-0.25, -0.2) is 10.8 Å². The van der Waals surface area contributed by atoms with Gasteiger partial charge in [-0.15, -0.1) is 0 Å². The molecule has 106 valence electrons. The van der Waals surface area contributed by atoms with Crippen molar-refractivity contribution in [3.05, 3.63) is 41.6 Å². The molecule has 0 aliphatic rings. The molecule has 1 heterocycles. The highest BCUT2D eigenvalue weighted by atomic mass is 16.5. The summed E-state index contributed by atoms with van der Waals surface area (Å²) in [6, 6.07) is 9.94. The van der Waals surface area contributed by atoms with Crippen molar-refractivity contribution in [3.8, 4) is 0 Å². The summed E-state index contributed by atoms with van der Waals surface area (Å²) in [5.41, 5.74) is 5.48. The van der Waals surface area contributed by atoms with E-state index in [0.717, 1.165) is 17.8 Å². The largest absolute Gasteiger partial charge is 0.384 e. The number of methoxy groups -OCH3 is 1. The van der Waals surface area contributed by atoms with E-state index in [1.165, 1.54) is 5.56 Å². The van der Waals surface area contributed by atoms with Gasteiger partial charge < -0.3 is 10.1 Å². The third-order valence-corrected chi connectivity index (χ3v) is 2.84. The summed E-state index contributed by atoms with van der Waals surface area (Å²) in [4.78, 5) is 8.44. The third kappa shape index (κ3) is 3.66. The number of rotatable bonds is 6.